The first kappa shape index (κ1) is 24.8. The molecule has 0 bridgehead atoms. The van der Waals surface area contributed by atoms with Gasteiger partial charge in [0, 0.05) is 17.4 Å². The average Bonchev–Trinajstić information content (AvgIpc) is 2.75. The lowest BCUT2D eigenvalue weighted by molar-refractivity contribution is -0.195. The first-order chi connectivity index (χ1) is 16.3. The Morgan fingerprint density at radius 3 is 2.49 bits per heavy atom. The molecule has 7 atom stereocenters. The largest absolute Gasteiger partial charge is 0.507 e. The summed E-state index contributed by atoms with van der Waals surface area (Å²) >= 11 is 0. The van der Waals surface area contributed by atoms with E-state index in [0.29, 0.717) is 5.56 Å². The number of ketones is 2. The van der Waals surface area contributed by atoms with Crippen molar-refractivity contribution in [1.82, 2.24) is 4.90 Å². The molecule has 0 radical (unpaired) electrons. The third-order valence-electron chi connectivity index (χ3n) is 7.36. The van der Waals surface area contributed by atoms with E-state index in [1.165, 1.54) is 6.07 Å². The van der Waals surface area contributed by atoms with Gasteiger partial charge in [-0.1, -0.05) is 19.1 Å². The molecule has 11 heteroatoms. The molecule has 2 unspecified atom stereocenters. The Bertz CT molecular complexity index is 1160. The number of phenols is 1. The van der Waals surface area contributed by atoms with E-state index in [9.17, 15) is 39.6 Å². The Hall–Kier alpha value is -3.28. The summed E-state index contributed by atoms with van der Waals surface area (Å²) in [6.07, 6.45) is -3.35. The van der Waals surface area contributed by atoms with Crippen LogP contribution in [0.15, 0.2) is 23.8 Å². The maximum atomic E-state index is 13.7. The molecule has 0 saturated heterocycles. The predicted octanol–water partition coefficient (Wildman–Crippen LogP) is -0.767. The summed E-state index contributed by atoms with van der Waals surface area (Å²) in [4.78, 5) is 53.2. The molecule has 1 aromatic carbocycles. The number of aromatic hydroxyl groups is 1. The molecule has 188 valence electrons. The van der Waals surface area contributed by atoms with Crippen LogP contribution in [0.25, 0.3) is 5.76 Å². The number of carbonyl (C=O) groups excluding carboxylic acids is 4. The average molecular weight is 488 g/mol. The number of carbonyl (C=O) groups is 4. The summed E-state index contributed by atoms with van der Waals surface area (Å²) in [5, 5.41) is 43.7. The molecule has 35 heavy (non-hydrogen) atoms. The SMILES string of the molecule is C[C@H]1c2cccc(O)c2C(O)=C2C(=O)[C@]3(O)C(=O)C(C(N)=O)C(O)C[C@@H]3[C@@H](OC(=O)CN(C)C)[C@@H]21. The van der Waals surface area contributed by atoms with Gasteiger partial charge in [0.05, 0.1) is 18.2 Å². The minimum absolute atomic E-state index is 0.0326. The molecule has 0 aromatic heterocycles. The number of hydrogen-bond acceptors (Lipinski definition) is 10. The number of nitrogens with two attached hydrogens (primary N) is 1. The van der Waals surface area contributed by atoms with Crippen molar-refractivity contribution in [3.8, 4) is 5.75 Å². The van der Waals surface area contributed by atoms with E-state index in [-0.39, 0.29) is 23.4 Å². The summed E-state index contributed by atoms with van der Waals surface area (Å²) in [6, 6.07) is 4.51. The number of hydrogen-bond donors (Lipinski definition) is 5. The molecule has 3 aliphatic rings. The van der Waals surface area contributed by atoms with Gasteiger partial charge in [-0.05, 0) is 38.1 Å². The Balaban J connectivity index is 1.95. The van der Waals surface area contributed by atoms with Crippen LogP contribution in [0.5, 0.6) is 5.75 Å². The van der Waals surface area contributed by atoms with Gasteiger partial charge in [-0.2, -0.15) is 0 Å². The summed E-state index contributed by atoms with van der Waals surface area (Å²) in [7, 11) is 3.26. The van der Waals surface area contributed by atoms with Gasteiger partial charge in [-0.25, -0.2) is 0 Å². The van der Waals surface area contributed by atoms with Gasteiger partial charge in [0.25, 0.3) is 0 Å². The van der Waals surface area contributed by atoms with E-state index in [2.05, 4.69) is 0 Å². The highest BCUT2D eigenvalue weighted by molar-refractivity contribution is 6.25. The first-order valence-corrected chi connectivity index (χ1v) is 11.2. The van der Waals surface area contributed by atoms with Crippen molar-refractivity contribution in [2.45, 2.75) is 37.1 Å². The standard InChI is InChI=1S/C24H28N2O9/c1-9-10-5-4-6-12(27)16(10)19(30)18-15(9)20(35-14(29)8-26(2)3)11-7-13(28)17(23(25)33)21(31)24(11,34)22(18)32/h4-6,9,11,13,15,17,20,27-28,30,34H,7-8H2,1-3H3,(H2,25,33)/t9-,11+,13?,15+,17?,20+,24+/m0/s1. The zero-order chi connectivity index (χ0) is 26.0. The number of phenolic OH excluding ortho intramolecular Hbond substituents is 1. The maximum Gasteiger partial charge on any atom is 0.320 e. The minimum atomic E-state index is -2.89. The van der Waals surface area contributed by atoms with Crippen LogP contribution in [0.1, 0.15) is 30.4 Å². The molecular formula is C24H28N2O9. The molecule has 2 fully saturated rings. The van der Waals surface area contributed by atoms with Crippen LogP contribution in [0.4, 0.5) is 0 Å². The number of benzene rings is 1. The van der Waals surface area contributed by atoms with E-state index in [0.717, 1.165) is 0 Å². The summed E-state index contributed by atoms with van der Waals surface area (Å²) < 4.78 is 5.73. The van der Waals surface area contributed by atoms with Crippen LogP contribution in [0, 0.1) is 17.8 Å². The number of likely N-dealkylation sites (N-methyl/N-ethyl adjacent to an activating group) is 1. The second-order valence-corrected chi connectivity index (χ2v) is 9.76. The van der Waals surface area contributed by atoms with Crippen LogP contribution in [0.3, 0.4) is 0 Å². The van der Waals surface area contributed by atoms with E-state index >= 15 is 0 Å². The van der Waals surface area contributed by atoms with Crippen LogP contribution in [0.2, 0.25) is 0 Å². The van der Waals surface area contributed by atoms with Crippen molar-refractivity contribution >= 4 is 29.2 Å². The van der Waals surface area contributed by atoms with Crippen LogP contribution >= 0.6 is 0 Å². The lowest BCUT2D eigenvalue weighted by Gasteiger charge is -2.53. The number of aliphatic hydroxyl groups is 3. The van der Waals surface area contributed by atoms with E-state index in [1.54, 1.807) is 38.1 Å². The summed E-state index contributed by atoms with van der Waals surface area (Å²) in [5.41, 5.74) is 2.45. The highest BCUT2D eigenvalue weighted by Gasteiger charge is 2.68. The van der Waals surface area contributed by atoms with Crippen LogP contribution in [-0.2, 0) is 23.9 Å². The highest BCUT2D eigenvalue weighted by Crippen LogP contribution is 2.55. The molecule has 1 amide bonds. The summed E-state index contributed by atoms with van der Waals surface area (Å²) in [5.74, 6) is -10.3. The summed E-state index contributed by atoms with van der Waals surface area (Å²) in [6.45, 7) is 1.55. The van der Waals surface area contributed by atoms with Crippen LogP contribution in [-0.4, -0.2) is 87.2 Å². The zero-order valence-corrected chi connectivity index (χ0v) is 19.5. The number of Topliss-reactive ketones (excluding diaryl/α,β-unsaturated/α-hetero) is 2. The van der Waals surface area contributed by atoms with E-state index < -0.39 is 77.1 Å². The fourth-order valence-corrected chi connectivity index (χ4v) is 5.83. The van der Waals surface area contributed by atoms with Gasteiger partial charge in [0.15, 0.2) is 11.4 Å². The lowest BCUT2D eigenvalue weighted by atomic mass is 9.53. The second-order valence-electron chi connectivity index (χ2n) is 9.76. The van der Waals surface area contributed by atoms with E-state index in [1.807, 2.05) is 0 Å². The van der Waals surface area contributed by atoms with Crippen molar-refractivity contribution in [3.05, 3.63) is 34.9 Å². The fraction of sp³-hybridized carbons (Fsp3) is 0.500. The fourth-order valence-electron chi connectivity index (χ4n) is 5.83. The smallest absolute Gasteiger partial charge is 0.320 e. The first-order valence-electron chi connectivity index (χ1n) is 11.2. The Morgan fingerprint density at radius 2 is 1.89 bits per heavy atom. The minimum Gasteiger partial charge on any atom is -0.507 e. The molecule has 0 aliphatic heterocycles. The number of aliphatic hydroxyl groups excluding tert-OH is 2. The van der Waals surface area contributed by atoms with Crippen molar-refractivity contribution in [3.63, 3.8) is 0 Å². The van der Waals surface area contributed by atoms with E-state index in [4.69, 9.17) is 10.5 Å². The molecule has 6 N–H and O–H groups in total. The van der Waals surface area contributed by atoms with Crippen molar-refractivity contribution in [2.75, 3.05) is 20.6 Å². The molecule has 0 heterocycles. The number of rotatable bonds is 4. The maximum absolute atomic E-state index is 13.7. The van der Waals surface area contributed by atoms with Crippen LogP contribution < -0.4 is 5.73 Å². The van der Waals surface area contributed by atoms with Gasteiger partial charge in [0.1, 0.15) is 23.5 Å². The molecule has 0 spiro atoms. The Kier molecular flexibility index (Phi) is 5.98. The topological polar surface area (TPSA) is 188 Å². The lowest BCUT2D eigenvalue weighted by Crippen LogP contribution is -2.71. The number of esters is 1. The molecule has 1 aromatic rings. The molecule has 11 nitrogen and oxygen atoms in total. The second kappa shape index (κ2) is 8.43. The number of primary amides is 1. The van der Waals surface area contributed by atoms with Crippen molar-refractivity contribution < 1.29 is 44.3 Å². The molecule has 2 saturated carbocycles. The van der Waals surface area contributed by atoms with Gasteiger partial charge < -0.3 is 30.9 Å². The number of nitrogens with zero attached hydrogens (tertiary/aromatic N) is 1. The predicted molar refractivity (Wildman–Crippen MR) is 120 cm³/mol. The van der Waals surface area contributed by atoms with Gasteiger partial charge in [-0.15, -0.1) is 0 Å². The Morgan fingerprint density at radius 1 is 1.23 bits per heavy atom. The number of ether oxygens (including phenoxy) is 1. The number of fused-ring (bicyclic) bond motifs is 3. The molecule has 3 aliphatic carbocycles. The normalized spacial score (nSPS) is 34.2. The van der Waals surface area contributed by atoms with Crippen molar-refractivity contribution in [2.24, 2.45) is 23.5 Å². The number of amides is 1. The third kappa shape index (κ3) is 3.53. The monoisotopic (exact) mass is 488 g/mol. The highest BCUT2D eigenvalue weighted by atomic mass is 16.5. The molecule has 4 rings (SSSR count). The Labute approximate surface area is 200 Å². The van der Waals surface area contributed by atoms with Crippen molar-refractivity contribution in [1.29, 1.82) is 0 Å². The zero-order valence-electron chi connectivity index (χ0n) is 19.5. The third-order valence-corrected chi connectivity index (χ3v) is 7.36. The van der Waals surface area contributed by atoms with Gasteiger partial charge in [-0.3, -0.25) is 24.1 Å². The van der Waals surface area contributed by atoms with Gasteiger partial charge in [0.2, 0.25) is 11.7 Å². The molecular weight excluding hydrogens is 460 g/mol. The van der Waals surface area contributed by atoms with Gasteiger partial charge >= 0.3 is 5.97 Å². The quantitative estimate of drug-likeness (QED) is 0.266.